The lowest BCUT2D eigenvalue weighted by Crippen LogP contribution is -2.20. The maximum atomic E-state index is 13.5. The largest absolute Gasteiger partial charge is 0.308 e. The smallest absolute Gasteiger partial charge is 0.280 e. The minimum Gasteiger partial charge on any atom is -0.308 e. The molecule has 11 heteroatoms. The van der Waals surface area contributed by atoms with Gasteiger partial charge in [-0.05, 0) is 25.5 Å². The molecule has 0 fully saturated rings. The first kappa shape index (κ1) is 22.4. The van der Waals surface area contributed by atoms with E-state index >= 15 is 0 Å². The average molecular weight is 460 g/mol. The van der Waals surface area contributed by atoms with Crippen LogP contribution in [0.25, 0.3) is 11.0 Å². The normalized spacial score (nSPS) is 11.6. The summed E-state index contributed by atoms with van der Waals surface area (Å²) >= 11 is 0. The highest BCUT2D eigenvalue weighted by Gasteiger charge is 2.24. The number of hydrogen-bond acceptors (Lipinski definition) is 4. The molecule has 1 aromatic carbocycles. The van der Waals surface area contributed by atoms with E-state index in [2.05, 4.69) is 20.5 Å². The first-order chi connectivity index (χ1) is 15.7. The third-order valence-electron chi connectivity index (χ3n) is 5.10. The Morgan fingerprint density at radius 3 is 2.39 bits per heavy atom. The summed E-state index contributed by atoms with van der Waals surface area (Å²) in [5, 5.41) is 11.0. The van der Waals surface area contributed by atoms with Gasteiger partial charge in [-0.2, -0.15) is 10.2 Å². The molecule has 0 bridgehead atoms. The Balaban J connectivity index is 1.57. The molecule has 0 aliphatic carbocycles. The number of fused-ring (bicyclic) bond motifs is 1. The number of rotatable bonds is 7. The number of carbonyl (C=O) groups excluding carboxylic acids is 1. The number of anilines is 1. The lowest BCUT2D eigenvalue weighted by molar-refractivity contribution is -0.116. The predicted molar refractivity (Wildman–Crippen MR) is 113 cm³/mol. The third-order valence-corrected chi connectivity index (χ3v) is 5.10. The Kier molecular flexibility index (Phi) is 6.12. The van der Waals surface area contributed by atoms with Gasteiger partial charge in [0.1, 0.15) is 12.2 Å². The lowest BCUT2D eigenvalue weighted by Gasteiger charge is -2.08. The molecule has 3 aromatic heterocycles. The van der Waals surface area contributed by atoms with Crippen molar-refractivity contribution in [1.82, 2.24) is 24.5 Å². The van der Waals surface area contributed by atoms with E-state index in [1.54, 1.807) is 10.7 Å². The maximum Gasteiger partial charge on any atom is 0.280 e. The van der Waals surface area contributed by atoms with E-state index in [9.17, 15) is 22.4 Å². The number of nitrogens with zero attached hydrogens (tertiary/aromatic N) is 5. The summed E-state index contributed by atoms with van der Waals surface area (Å²) in [5.41, 5.74) is 0.450. The van der Waals surface area contributed by atoms with Gasteiger partial charge in [0.25, 0.3) is 12.9 Å². The van der Waals surface area contributed by atoms with Crippen molar-refractivity contribution < 1.29 is 22.4 Å². The van der Waals surface area contributed by atoms with Crippen molar-refractivity contribution in [3.8, 4) is 0 Å². The van der Waals surface area contributed by atoms with E-state index in [1.165, 1.54) is 6.92 Å². The molecule has 0 spiro atoms. The van der Waals surface area contributed by atoms with Crippen molar-refractivity contribution in [3.05, 3.63) is 70.7 Å². The quantitative estimate of drug-likeness (QED) is 0.402. The predicted octanol–water partition coefficient (Wildman–Crippen LogP) is 4.81. The molecule has 3 heterocycles. The second kappa shape index (κ2) is 9.00. The number of halogens is 4. The van der Waals surface area contributed by atoms with Gasteiger partial charge in [-0.3, -0.25) is 9.48 Å². The van der Waals surface area contributed by atoms with Crippen molar-refractivity contribution in [2.24, 2.45) is 0 Å². The number of carbonyl (C=O) groups is 1. The van der Waals surface area contributed by atoms with Crippen LogP contribution in [-0.4, -0.2) is 30.5 Å². The van der Waals surface area contributed by atoms with Gasteiger partial charge in [-0.15, -0.1) is 0 Å². The molecule has 0 radical (unpaired) electrons. The highest BCUT2D eigenvalue weighted by Crippen LogP contribution is 2.32. The molecule has 4 aromatic rings. The number of amides is 1. The van der Waals surface area contributed by atoms with Crippen LogP contribution >= 0.6 is 0 Å². The molecular weight excluding hydrogens is 440 g/mol. The van der Waals surface area contributed by atoms with Crippen molar-refractivity contribution >= 4 is 22.8 Å². The van der Waals surface area contributed by atoms with Gasteiger partial charge in [0, 0.05) is 17.3 Å². The number of alkyl halides is 4. The van der Waals surface area contributed by atoms with Crippen LogP contribution in [0, 0.1) is 13.8 Å². The number of hydrogen-bond donors (Lipinski definition) is 1. The third kappa shape index (κ3) is 4.71. The Morgan fingerprint density at radius 1 is 1.00 bits per heavy atom. The zero-order valence-corrected chi connectivity index (χ0v) is 17.8. The highest BCUT2D eigenvalue weighted by atomic mass is 19.3. The van der Waals surface area contributed by atoms with Crippen LogP contribution in [0.15, 0.2) is 42.5 Å². The van der Waals surface area contributed by atoms with Gasteiger partial charge in [-0.25, -0.2) is 27.2 Å². The molecule has 0 atom stereocenters. The second-order valence-electron chi connectivity index (χ2n) is 7.54. The second-order valence-corrected chi connectivity index (χ2v) is 7.54. The van der Waals surface area contributed by atoms with Gasteiger partial charge in [0.15, 0.2) is 11.5 Å². The topological polar surface area (TPSA) is 77.6 Å². The standard InChI is InChI=1S/C22H20F4N6O/c1-12-8-17(30-31(12)10-14-6-4-3-5-7-14)28-18(33)11-32-22-19(13(2)29-32)15(20(23)24)9-16(27-22)21(25)26/h3-9,20-21H,10-11H2,1-2H3,(H,28,30,33). The number of pyridine rings is 1. The maximum absolute atomic E-state index is 13.5. The zero-order valence-electron chi connectivity index (χ0n) is 17.8. The van der Waals surface area contributed by atoms with Crippen molar-refractivity contribution in [1.29, 1.82) is 0 Å². The zero-order chi connectivity index (χ0) is 23.7. The van der Waals surface area contributed by atoms with Crippen LogP contribution in [-0.2, 0) is 17.9 Å². The van der Waals surface area contributed by atoms with E-state index in [0.717, 1.165) is 15.9 Å². The van der Waals surface area contributed by atoms with Crippen molar-refractivity contribution in [2.75, 3.05) is 5.32 Å². The van der Waals surface area contributed by atoms with Gasteiger partial charge in [-0.1, -0.05) is 30.3 Å². The summed E-state index contributed by atoms with van der Waals surface area (Å²) in [5.74, 6) is -0.247. The number of benzene rings is 1. The monoisotopic (exact) mass is 460 g/mol. The summed E-state index contributed by atoms with van der Waals surface area (Å²) < 4.78 is 56.1. The van der Waals surface area contributed by atoms with Gasteiger partial charge < -0.3 is 5.32 Å². The fraction of sp³-hybridized carbons (Fsp3) is 0.273. The Hall–Kier alpha value is -3.76. The minimum atomic E-state index is -3.04. The van der Waals surface area contributed by atoms with Crippen LogP contribution in [0.1, 0.15) is 41.1 Å². The van der Waals surface area contributed by atoms with E-state index in [1.807, 2.05) is 37.3 Å². The molecule has 0 aliphatic rings. The first-order valence-electron chi connectivity index (χ1n) is 10.1. The molecule has 0 saturated heterocycles. The van der Waals surface area contributed by atoms with E-state index in [0.29, 0.717) is 18.4 Å². The van der Waals surface area contributed by atoms with E-state index in [-0.39, 0.29) is 16.7 Å². The number of nitrogens with one attached hydrogen (secondary N) is 1. The molecule has 0 saturated carbocycles. The Labute approximate surface area is 186 Å². The molecular formula is C22H20F4N6O. The number of aryl methyl sites for hydroxylation is 2. The van der Waals surface area contributed by atoms with E-state index < -0.39 is 36.6 Å². The minimum absolute atomic E-state index is 0.0369. The Bertz CT molecular complexity index is 1300. The molecule has 33 heavy (non-hydrogen) atoms. The molecule has 7 nitrogen and oxygen atoms in total. The summed E-state index contributed by atoms with van der Waals surface area (Å²) in [6.45, 7) is 3.41. The first-order valence-corrected chi connectivity index (χ1v) is 10.1. The highest BCUT2D eigenvalue weighted by molar-refractivity contribution is 5.91. The fourth-order valence-electron chi connectivity index (χ4n) is 3.61. The van der Waals surface area contributed by atoms with E-state index in [4.69, 9.17) is 0 Å². The van der Waals surface area contributed by atoms with Crippen LogP contribution in [0.5, 0.6) is 0 Å². The van der Waals surface area contributed by atoms with Crippen LogP contribution in [0.2, 0.25) is 0 Å². The van der Waals surface area contributed by atoms with Crippen molar-refractivity contribution in [3.63, 3.8) is 0 Å². The van der Waals surface area contributed by atoms with Gasteiger partial charge in [0.05, 0.1) is 17.6 Å². The molecule has 0 aliphatic heterocycles. The van der Waals surface area contributed by atoms with Crippen LogP contribution < -0.4 is 5.32 Å². The van der Waals surface area contributed by atoms with Gasteiger partial charge >= 0.3 is 0 Å². The Morgan fingerprint density at radius 2 is 1.73 bits per heavy atom. The molecule has 4 rings (SSSR count). The molecule has 0 unspecified atom stereocenters. The molecule has 1 amide bonds. The van der Waals surface area contributed by atoms with Crippen LogP contribution in [0.3, 0.4) is 0 Å². The summed E-state index contributed by atoms with van der Waals surface area (Å²) in [4.78, 5) is 16.4. The van der Waals surface area contributed by atoms with Crippen LogP contribution in [0.4, 0.5) is 23.4 Å². The fourth-order valence-corrected chi connectivity index (χ4v) is 3.61. The lowest BCUT2D eigenvalue weighted by atomic mass is 10.1. The molecule has 1 N–H and O–H groups in total. The average Bonchev–Trinajstić information content (AvgIpc) is 3.26. The van der Waals surface area contributed by atoms with Crippen molar-refractivity contribution in [2.45, 2.75) is 39.8 Å². The van der Waals surface area contributed by atoms with Gasteiger partial charge in [0.2, 0.25) is 5.91 Å². The SMILES string of the molecule is Cc1nn(CC(=O)Nc2cc(C)n(Cc3ccccc3)n2)c2nc(C(F)F)cc(C(F)F)c12. The molecule has 172 valence electrons. The summed E-state index contributed by atoms with van der Waals surface area (Å²) in [7, 11) is 0. The summed E-state index contributed by atoms with van der Waals surface area (Å²) in [6.07, 6.45) is -6.03. The number of aromatic nitrogens is 5. The summed E-state index contributed by atoms with van der Waals surface area (Å²) in [6, 6.07) is 12.0.